The number of nitrogens with one attached hydrogen (secondary N) is 1. The highest BCUT2D eigenvalue weighted by atomic mass is 16.3. The van der Waals surface area contributed by atoms with Gasteiger partial charge >= 0.3 is 0 Å². The van der Waals surface area contributed by atoms with E-state index in [1.165, 1.54) is 24.0 Å². The van der Waals surface area contributed by atoms with Crippen LogP contribution >= 0.6 is 0 Å². The predicted molar refractivity (Wildman–Crippen MR) is 80.9 cm³/mol. The Balaban J connectivity index is 2.08. The fourth-order valence-corrected chi connectivity index (χ4v) is 2.84. The molecule has 0 heterocycles. The summed E-state index contributed by atoms with van der Waals surface area (Å²) in [4.78, 5) is 12.3. The minimum Gasteiger partial charge on any atom is -0.396 e. The second-order valence-corrected chi connectivity index (χ2v) is 6.03. The fourth-order valence-electron chi connectivity index (χ4n) is 2.84. The highest BCUT2D eigenvalue weighted by Crippen LogP contribution is 2.22. The van der Waals surface area contributed by atoms with Crippen LogP contribution in [0.4, 0.5) is 0 Å². The van der Waals surface area contributed by atoms with Crippen molar-refractivity contribution >= 4 is 5.91 Å². The van der Waals surface area contributed by atoms with Crippen LogP contribution < -0.4 is 5.32 Å². The summed E-state index contributed by atoms with van der Waals surface area (Å²) in [6.45, 7) is 4.23. The Bertz CT molecular complexity index is 468. The number of carbonyl (C=O) groups is 1. The number of aryl methyl sites for hydroxylation is 2. The Morgan fingerprint density at radius 3 is 2.60 bits per heavy atom. The number of fused-ring (bicyclic) bond motifs is 1. The highest BCUT2D eigenvalue weighted by molar-refractivity contribution is 5.94. The van der Waals surface area contributed by atoms with Crippen molar-refractivity contribution in [1.29, 1.82) is 0 Å². The molecule has 110 valence electrons. The van der Waals surface area contributed by atoms with Gasteiger partial charge < -0.3 is 10.4 Å². The summed E-state index contributed by atoms with van der Waals surface area (Å²) in [5.74, 6) is 0.300. The lowest BCUT2D eigenvalue weighted by Gasteiger charge is -2.22. The van der Waals surface area contributed by atoms with E-state index < -0.39 is 0 Å². The third-order valence-corrected chi connectivity index (χ3v) is 4.17. The number of rotatable bonds is 5. The first-order valence-electron chi connectivity index (χ1n) is 7.65. The molecular formula is C17H25NO2. The second kappa shape index (κ2) is 6.89. The monoisotopic (exact) mass is 275 g/mol. The number of carbonyl (C=O) groups excluding carboxylic acids is 1. The van der Waals surface area contributed by atoms with Crippen LogP contribution in [0.3, 0.4) is 0 Å². The van der Waals surface area contributed by atoms with Crippen molar-refractivity contribution in [3.05, 3.63) is 34.9 Å². The van der Waals surface area contributed by atoms with Gasteiger partial charge in [0.05, 0.1) is 0 Å². The average molecular weight is 275 g/mol. The molecule has 3 heteroatoms. The van der Waals surface area contributed by atoms with Gasteiger partial charge in [-0.3, -0.25) is 4.79 Å². The molecule has 2 N–H and O–H groups in total. The van der Waals surface area contributed by atoms with Gasteiger partial charge in [0.2, 0.25) is 0 Å². The summed E-state index contributed by atoms with van der Waals surface area (Å²) < 4.78 is 0. The standard InChI is InChI=1S/C17H25NO2/c1-12(2)16(9-10-19)18-17(20)15-8-7-13-5-3-4-6-14(13)11-15/h7-8,11-12,16,19H,3-6,9-10H2,1-2H3,(H,18,20). The zero-order valence-electron chi connectivity index (χ0n) is 12.5. The van der Waals surface area contributed by atoms with Crippen LogP contribution in [-0.2, 0) is 12.8 Å². The van der Waals surface area contributed by atoms with E-state index in [9.17, 15) is 4.79 Å². The largest absolute Gasteiger partial charge is 0.396 e. The van der Waals surface area contributed by atoms with Crippen LogP contribution in [0.2, 0.25) is 0 Å². The molecule has 0 bridgehead atoms. The molecule has 0 saturated heterocycles. The van der Waals surface area contributed by atoms with Gasteiger partial charge in [-0.25, -0.2) is 0 Å². The minimum atomic E-state index is -0.0227. The first-order chi connectivity index (χ1) is 9.61. The molecule has 1 aromatic rings. The van der Waals surface area contributed by atoms with E-state index >= 15 is 0 Å². The lowest BCUT2D eigenvalue weighted by atomic mass is 9.90. The van der Waals surface area contributed by atoms with E-state index in [1.807, 2.05) is 12.1 Å². The fraction of sp³-hybridized carbons (Fsp3) is 0.588. The zero-order valence-corrected chi connectivity index (χ0v) is 12.5. The molecule has 0 aliphatic heterocycles. The van der Waals surface area contributed by atoms with E-state index in [-0.39, 0.29) is 18.6 Å². The van der Waals surface area contributed by atoms with Crippen LogP contribution in [0.1, 0.15) is 54.6 Å². The molecule has 1 aromatic carbocycles. The number of hydrogen-bond acceptors (Lipinski definition) is 2. The maximum Gasteiger partial charge on any atom is 0.251 e. The van der Waals surface area contributed by atoms with E-state index in [4.69, 9.17) is 5.11 Å². The van der Waals surface area contributed by atoms with Crippen LogP contribution in [0.5, 0.6) is 0 Å². The Labute approximate surface area is 121 Å². The van der Waals surface area contributed by atoms with E-state index in [2.05, 4.69) is 25.2 Å². The van der Waals surface area contributed by atoms with E-state index in [0.29, 0.717) is 12.3 Å². The molecule has 0 fully saturated rings. The summed E-state index contributed by atoms with van der Waals surface area (Å²) in [5.41, 5.74) is 3.46. The molecule has 1 aliphatic carbocycles. The molecule has 20 heavy (non-hydrogen) atoms. The van der Waals surface area contributed by atoms with Crippen molar-refractivity contribution in [1.82, 2.24) is 5.32 Å². The maximum absolute atomic E-state index is 12.3. The molecule has 1 amide bonds. The summed E-state index contributed by atoms with van der Waals surface area (Å²) in [7, 11) is 0. The Morgan fingerprint density at radius 1 is 1.25 bits per heavy atom. The summed E-state index contributed by atoms with van der Waals surface area (Å²) in [6.07, 6.45) is 5.30. The topological polar surface area (TPSA) is 49.3 Å². The van der Waals surface area contributed by atoms with E-state index in [1.54, 1.807) is 0 Å². The molecule has 0 spiro atoms. The van der Waals surface area contributed by atoms with Gasteiger partial charge in [0, 0.05) is 18.2 Å². The molecule has 0 radical (unpaired) electrons. The van der Waals surface area contributed by atoms with Crippen LogP contribution in [-0.4, -0.2) is 23.7 Å². The van der Waals surface area contributed by atoms with Crippen molar-refractivity contribution < 1.29 is 9.90 Å². The molecule has 1 atom stereocenters. The van der Waals surface area contributed by atoms with Crippen LogP contribution in [0, 0.1) is 5.92 Å². The van der Waals surface area contributed by atoms with Gasteiger partial charge in [0.25, 0.3) is 5.91 Å². The second-order valence-electron chi connectivity index (χ2n) is 6.03. The highest BCUT2D eigenvalue weighted by Gasteiger charge is 2.18. The minimum absolute atomic E-state index is 0.0227. The maximum atomic E-state index is 12.3. The smallest absolute Gasteiger partial charge is 0.251 e. The first-order valence-corrected chi connectivity index (χ1v) is 7.65. The molecule has 3 nitrogen and oxygen atoms in total. The Hall–Kier alpha value is -1.35. The molecule has 1 aliphatic rings. The summed E-state index contributed by atoms with van der Waals surface area (Å²) >= 11 is 0. The Morgan fingerprint density at radius 2 is 1.95 bits per heavy atom. The van der Waals surface area contributed by atoms with Crippen molar-refractivity contribution in [3.8, 4) is 0 Å². The van der Waals surface area contributed by atoms with Gasteiger partial charge in [-0.2, -0.15) is 0 Å². The Kier molecular flexibility index (Phi) is 5.18. The van der Waals surface area contributed by atoms with Crippen LogP contribution in [0.15, 0.2) is 18.2 Å². The van der Waals surface area contributed by atoms with Gasteiger partial charge in [-0.15, -0.1) is 0 Å². The summed E-state index contributed by atoms with van der Waals surface area (Å²) in [5, 5.41) is 12.1. The molecule has 2 rings (SSSR count). The van der Waals surface area contributed by atoms with Gasteiger partial charge in [-0.05, 0) is 61.3 Å². The lowest BCUT2D eigenvalue weighted by molar-refractivity contribution is 0.0916. The summed E-state index contributed by atoms with van der Waals surface area (Å²) in [6, 6.07) is 6.10. The number of amides is 1. The third-order valence-electron chi connectivity index (χ3n) is 4.17. The number of aliphatic hydroxyl groups excluding tert-OH is 1. The number of aliphatic hydroxyl groups is 1. The van der Waals surface area contributed by atoms with Crippen molar-refractivity contribution in [2.45, 2.75) is 52.0 Å². The van der Waals surface area contributed by atoms with Gasteiger partial charge in [-0.1, -0.05) is 19.9 Å². The molecule has 0 aromatic heterocycles. The SMILES string of the molecule is CC(C)C(CCO)NC(=O)c1ccc2c(c1)CCCC2. The van der Waals surface area contributed by atoms with Crippen molar-refractivity contribution in [2.24, 2.45) is 5.92 Å². The van der Waals surface area contributed by atoms with E-state index in [0.717, 1.165) is 18.4 Å². The molecule has 0 saturated carbocycles. The molecule has 1 unspecified atom stereocenters. The van der Waals surface area contributed by atoms with Crippen LogP contribution in [0.25, 0.3) is 0 Å². The van der Waals surface area contributed by atoms with Crippen molar-refractivity contribution in [2.75, 3.05) is 6.61 Å². The average Bonchev–Trinajstić information content (AvgIpc) is 2.46. The normalized spacial score (nSPS) is 15.8. The lowest BCUT2D eigenvalue weighted by Crippen LogP contribution is -2.39. The predicted octanol–water partition coefficient (Wildman–Crippen LogP) is 2.70. The number of benzene rings is 1. The zero-order chi connectivity index (χ0) is 14.5. The van der Waals surface area contributed by atoms with Crippen molar-refractivity contribution in [3.63, 3.8) is 0 Å². The number of hydrogen-bond donors (Lipinski definition) is 2. The quantitative estimate of drug-likeness (QED) is 0.868. The van der Waals surface area contributed by atoms with Gasteiger partial charge in [0.1, 0.15) is 0 Å². The van der Waals surface area contributed by atoms with Gasteiger partial charge in [0.15, 0.2) is 0 Å². The first kappa shape index (κ1) is 15.0. The molecular weight excluding hydrogens is 250 g/mol. The third kappa shape index (κ3) is 3.60.